The van der Waals surface area contributed by atoms with Crippen molar-refractivity contribution in [2.24, 2.45) is 5.73 Å². The third-order valence-corrected chi connectivity index (χ3v) is 4.93. The fourth-order valence-corrected chi connectivity index (χ4v) is 3.59. The topological polar surface area (TPSA) is 64.2 Å². The summed E-state index contributed by atoms with van der Waals surface area (Å²) in [4.78, 5) is 15.0. The minimum Gasteiger partial charge on any atom is -0.353 e. The molecule has 1 aliphatic rings. The van der Waals surface area contributed by atoms with Crippen LogP contribution in [0, 0.1) is 11.6 Å². The van der Waals surface area contributed by atoms with E-state index in [1.807, 2.05) is 12.1 Å². The highest BCUT2D eigenvalue weighted by Gasteiger charge is 2.21. The van der Waals surface area contributed by atoms with Crippen molar-refractivity contribution in [2.75, 3.05) is 18.0 Å². The van der Waals surface area contributed by atoms with Crippen LogP contribution in [0.4, 0.5) is 14.6 Å². The van der Waals surface area contributed by atoms with Gasteiger partial charge in [0, 0.05) is 30.6 Å². The normalized spacial score (nSPS) is 17.2. The molecule has 1 saturated heterocycles. The molecule has 0 amide bonds. The van der Waals surface area contributed by atoms with Crippen LogP contribution in [0.25, 0.3) is 16.5 Å². The van der Waals surface area contributed by atoms with E-state index >= 15 is 0 Å². The van der Waals surface area contributed by atoms with Gasteiger partial charge in [0.2, 0.25) is 0 Å². The number of halogens is 3. The first-order valence-corrected chi connectivity index (χ1v) is 9.02. The Hall–Kier alpha value is -2.51. The summed E-state index contributed by atoms with van der Waals surface area (Å²) in [7, 11) is 0. The van der Waals surface area contributed by atoms with Gasteiger partial charge in [-0.3, -0.25) is 4.79 Å². The molecule has 0 radical (unpaired) electrons. The lowest BCUT2D eigenvalue weighted by Gasteiger charge is -2.25. The quantitative estimate of drug-likeness (QED) is 0.708. The van der Waals surface area contributed by atoms with Crippen LogP contribution in [0.5, 0.6) is 0 Å². The molecule has 2 N–H and O–H groups in total. The van der Waals surface area contributed by atoms with E-state index in [2.05, 4.69) is 10.00 Å². The lowest BCUT2D eigenvalue weighted by molar-refractivity contribution is 0.570. The highest BCUT2D eigenvalue weighted by molar-refractivity contribution is 5.91. The molecule has 1 fully saturated rings. The summed E-state index contributed by atoms with van der Waals surface area (Å²) in [5.41, 5.74) is 5.66. The smallest absolute Gasteiger partial charge is 0.279 e. The van der Waals surface area contributed by atoms with E-state index in [1.165, 1.54) is 6.07 Å². The summed E-state index contributed by atoms with van der Waals surface area (Å²) in [6.07, 6.45) is 2.93. The van der Waals surface area contributed by atoms with Crippen LogP contribution in [-0.2, 0) is 0 Å². The Morgan fingerprint density at radius 1 is 1.07 bits per heavy atom. The van der Waals surface area contributed by atoms with E-state index in [-0.39, 0.29) is 24.1 Å². The second kappa shape index (κ2) is 8.24. The zero-order chi connectivity index (χ0) is 19.0. The average molecular weight is 407 g/mol. The third-order valence-electron chi connectivity index (χ3n) is 4.93. The van der Waals surface area contributed by atoms with Gasteiger partial charge in [-0.25, -0.2) is 8.78 Å². The molecular formula is C20H21ClF2N4O. The first-order chi connectivity index (χ1) is 13.0. The van der Waals surface area contributed by atoms with Gasteiger partial charge in [-0.05, 0) is 31.0 Å². The van der Waals surface area contributed by atoms with E-state index in [0.29, 0.717) is 23.1 Å². The van der Waals surface area contributed by atoms with E-state index in [9.17, 15) is 13.6 Å². The van der Waals surface area contributed by atoms with Crippen molar-refractivity contribution in [3.63, 3.8) is 0 Å². The maximum Gasteiger partial charge on any atom is 0.279 e. The van der Waals surface area contributed by atoms with E-state index < -0.39 is 17.2 Å². The molecule has 4 rings (SSSR count). The molecule has 2 aromatic carbocycles. The molecule has 0 aliphatic carbocycles. The first kappa shape index (κ1) is 20.2. The Morgan fingerprint density at radius 3 is 2.57 bits per heavy atom. The highest BCUT2D eigenvalue weighted by atomic mass is 35.5. The van der Waals surface area contributed by atoms with Gasteiger partial charge in [0.15, 0.2) is 11.6 Å². The van der Waals surface area contributed by atoms with Gasteiger partial charge in [-0.15, -0.1) is 17.5 Å². The summed E-state index contributed by atoms with van der Waals surface area (Å²) < 4.78 is 28.7. The van der Waals surface area contributed by atoms with Crippen molar-refractivity contribution in [3.8, 4) is 5.69 Å². The summed E-state index contributed by atoms with van der Waals surface area (Å²) in [6.45, 7) is 1.37. The predicted octanol–water partition coefficient (Wildman–Crippen LogP) is 3.40. The number of nitrogens with zero attached hydrogens (tertiary/aromatic N) is 3. The Labute approximate surface area is 167 Å². The van der Waals surface area contributed by atoms with Crippen molar-refractivity contribution in [2.45, 2.75) is 25.3 Å². The van der Waals surface area contributed by atoms with E-state index in [1.54, 1.807) is 12.1 Å². The summed E-state index contributed by atoms with van der Waals surface area (Å²) in [6, 6.07) is 10.2. The zero-order valence-corrected chi connectivity index (χ0v) is 16.0. The van der Waals surface area contributed by atoms with Crippen molar-refractivity contribution >= 4 is 29.0 Å². The van der Waals surface area contributed by atoms with Gasteiger partial charge in [-0.2, -0.15) is 4.68 Å². The number of nitrogens with two attached hydrogens (primary N) is 1. The lowest BCUT2D eigenvalue weighted by atomic mass is 10.1. The molecule has 28 heavy (non-hydrogen) atoms. The SMILES string of the molecule is Cl.NC1CCCCN(c2nn(-c3ccc(F)cc3F)c(=O)c3ccccc23)C1. The Bertz CT molecular complexity index is 1060. The molecule has 1 unspecified atom stereocenters. The number of hydrogen-bond acceptors (Lipinski definition) is 4. The fourth-order valence-electron chi connectivity index (χ4n) is 3.59. The standard InChI is InChI=1S/C20H20F2N4O.ClH/c21-13-8-9-18(17(22)11-13)26-20(27)16-7-2-1-6-15(16)19(24-26)25-10-4-3-5-14(23)12-25;/h1-2,6-9,11,14H,3-5,10,12,23H2;1H. The average Bonchev–Trinajstić information content (AvgIpc) is 2.87. The predicted molar refractivity (Wildman–Crippen MR) is 109 cm³/mol. The molecule has 1 aliphatic heterocycles. The minimum atomic E-state index is -0.835. The Morgan fingerprint density at radius 2 is 1.82 bits per heavy atom. The molecule has 148 valence electrons. The monoisotopic (exact) mass is 406 g/mol. The first-order valence-electron chi connectivity index (χ1n) is 9.02. The number of rotatable bonds is 2. The van der Waals surface area contributed by atoms with Gasteiger partial charge in [0.05, 0.1) is 5.39 Å². The highest BCUT2D eigenvalue weighted by Crippen LogP contribution is 2.26. The van der Waals surface area contributed by atoms with Crippen molar-refractivity contribution in [3.05, 3.63) is 64.5 Å². The van der Waals surface area contributed by atoms with Crippen LogP contribution in [0.1, 0.15) is 19.3 Å². The number of benzene rings is 2. The van der Waals surface area contributed by atoms with Gasteiger partial charge in [0.25, 0.3) is 5.56 Å². The Kier molecular flexibility index (Phi) is 5.96. The molecule has 0 spiro atoms. The van der Waals surface area contributed by atoms with Crippen LogP contribution in [0.2, 0.25) is 0 Å². The van der Waals surface area contributed by atoms with E-state index in [4.69, 9.17) is 5.73 Å². The molecule has 8 heteroatoms. The molecule has 3 aromatic rings. The van der Waals surface area contributed by atoms with E-state index in [0.717, 1.165) is 42.6 Å². The zero-order valence-electron chi connectivity index (χ0n) is 15.1. The number of anilines is 1. The molecule has 2 heterocycles. The number of aromatic nitrogens is 2. The van der Waals surface area contributed by atoms with Crippen LogP contribution in [0.3, 0.4) is 0 Å². The van der Waals surface area contributed by atoms with Gasteiger partial charge < -0.3 is 10.6 Å². The molecular weight excluding hydrogens is 386 g/mol. The van der Waals surface area contributed by atoms with Gasteiger partial charge >= 0.3 is 0 Å². The number of fused-ring (bicyclic) bond motifs is 1. The van der Waals surface area contributed by atoms with Crippen LogP contribution >= 0.6 is 12.4 Å². The van der Waals surface area contributed by atoms with Crippen molar-refractivity contribution in [1.82, 2.24) is 9.78 Å². The van der Waals surface area contributed by atoms with Crippen molar-refractivity contribution in [1.29, 1.82) is 0 Å². The lowest BCUT2D eigenvalue weighted by Crippen LogP contribution is -2.37. The molecule has 0 bridgehead atoms. The molecule has 1 atom stereocenters. The maximum atomic E-state index is 14.3. The summed E-state index contributed by atoms with van der Waals surface area (Å²) >= 11 is 0. The second-order valence-electron chi connectivity index (χ2n) is 6.88. The van der Waals surface area contributed by atoms with Gasteiger partial charge in [-0.1, -0.05) is 24.6 Å². The van der Waals surface area contributed by atoms with Gasteiger partial charge in [0.1, 0.15) is 11.5 Å². The van der Waals surface area contributed by atoms with Crippen LogP contribution < -0.4 is 16.2 Å². The van der Waals surface area contributed by atoms with Crippen LogP contribution in [0.15, 0.2) is 47.3 Å². The second-order valence-corrected chi connectivity index (χ2v) is 6.88. The van der Waals surface area contributed by atoms with Crippen molar-refractivity contribution < 1.29 is 8.78 Å². The van der Waals surface area contributed by atoms with Crippen LogP contribution in [-0.4, -0.2) is 28.9 Å². The summed E-state index contributed by atoms with van der Waals surface area (Å²) in [5, 5.41) is 5.61. The third kappa shape index (κ3) is 3.72. The Balaban J connectivity index is 0.00000225. The summed E-state index contributed by atoms with van der Waals surface area (Å²) in [5.74, 6) is -0.950. The largest absolute Gasteiger partial charge is 0.353 e. The maximum absolute atomic E-state index is 14.3. The minimum absolute atomic E-state index is 0. The molecule has 0 saturated carbocycles. The fraction of sp³-hybridized carbons (Fsp3) is 0.300. The molecule has 1 aromatic heterocycles. The number of hydrogen-bond donors (Lipinski definition) is 1. The molecule has 5 nitrogen and oxygen atoms in total.